The number of para-hydroxylation sites is 1. The van der Waals surface area contributed by atoms with Gasteiger partial charge >= 0.3 is 0 Å². The Bertz CT molecular complexity index is 2320. The summed E-state index contributed by atoms with van der Waals surface area (Å²) < 4.78 is 11.0. The molecule has 0 unspecified atom stereocenters. The van der Waals surface area contributed by atoms with Crippen LogP contribution in [0.5, 0.6) is 11.5 Å². The highest BCUT2D eigenvalue weighted by atomic mass is 16.5. The summed E-state index contributed by atoms with van der Waals surface area (Å²) in [6.07, 6.45) is 7.05. The molecule has 0 N–H and O–H groups in total. The molecule has 4 aromatic carbocycles. The molecule has 0 aliphatic carbocycles. The second-order valence-electron chi connectivity index (χ2n) is 16.0. The first-order valence-electron chi connectivity index (χ1n) is 18.4. The van der Waals surface area contributed by atoms with Gasteiger partial charge in [-0.25, -0.2) is 9.67 Å². The van der Waals surface area contributed by atoms with Gasteiger partial charge in [-0.3, -0.25) is 4.57 Å². The lowest BCUT2D eigenvalue weighted by Crippen LogP contribution is -2.12. The van der Waals surface area contributed by atoms with Crippen molar-refractivity contribution in [2.45, 2.75) is 86.0 Å². The van der Waals surface area contributed by atoms with Crippen molar-refractivity contribution >= 4 is 21.8 Å². The second-order valence-corrected chi connectivity index (χ2v) is 16.0. The van der Waals surface area contributed by atoms with E-state index in [-0.39, 0.29) is 5.41 Å². The van der Waals surface area contributed by atoms with Gasteiger partial charge in [0.15, 0.2) is 0 Å². The second kappa shape index (κ2) is 13.5. The van der Waals surface area contributed by atoms with Crippen LogP contribution in [-0.2, 0) is 11.8 Å². The molecule has 51 heavy (non-hydrogen) atoms. The van der Waals surface area contributed by atoms with E-state index >= 15 is 0 Å². The van der Waals surface area contributed by atoms with Crippen LogP contribution in [-0.4, -0.2) is 19.3 Å². The molecule has 7 aromatic rings. The van der Waals surface area contributed by atoms with Crippen molar-refractivity contribution in [3.8, 4) is 34.1 Å². The number of pyridine rings is 1. The van der Waals surface area contributed by atoms with Gasteiger partial charge in [-0.15, -0.1) is 0 Å². The molecule has 0 saturated heterocycles. The zero-order valence-corrected chi connectivity index (χ0v) is 31.5. The largest absolute Gasteiger partial charge is 0.457 e. The number of nitrogens with zero attached hydrogens (tertiary/aromatic N) is 4. The van der Waals surface area contributed by atoms with Crippen LogP contribution in [0.25, 0.3) is 44.4 Å². The summed E-state index contributed by atoms with van der Waals surface area (Å²) in [5.41, 5.74) is 10.8. The number of ether oxygens (including phenoxy) is 1. The molecule has 0 fully saturated rings. The van der Waals surface area contributed by atoms with Crippen LogP contribution in [0.15, 0.2) is 110 Å². The Labute approximate surface area is 302 Å². The van der Waals surface area contributed by atoms with Crippen molar-refractivity contribution in [1.82, 2.24) is 19.3 Å². The van der Waals surface area contributed by atoms with Crippen LogP contribution in [0.4, 0.5) is 0 Å². The minimum absolute atomic E-state index is 0.00724. The SMILES string of the molecule is CC(C)Cc1cc(Oc2ccc3c4ccccc4n(-c4cc(C(C)(C)C)ccn4)c3c2)cc(-n2cc(-c3c(C(C)C)cccc3C(C)C)cn2)c1. The van der Waals surface area contributed by atoms with E-state index in [1.165, 1.54) is 38.6 Å². The number of hydrogen-bond acceptors (Lipinski definition) is 3. The quantitative estimate of drug-likeness (QED) is 0.153. The first-order valence-corrected chi connectivity index (χ1v) is 18.4. The molecular formula is C46H50N4O. The third-order valence-electron chi connectivity index (χ3n) is 9.83. The van der Waals surface area contributed by atoms with Gasteiger partial charge in [0, 0.05) is 40.9 Å². The van der Waals surface area contributed by atoms with E-state index in [4.69, 9.17) is 14.8 Å². The fraction of sp³-hybridized carbons (Fsp3) is 0.304. The van der Waals surface area contributed by atoms with E-state index in [9.17, 15) is 0 Å². The lowest BCUT2D eigenvalue weighted by atomic mass is 9.86. The van der Waals surface area contributed by atoms with Gasteiger partial charge < -0.3 is 4.74 Å². The number of benzene rings is 4. The topological polar surface area (TPSA) is 44.9 Å². The molecule has 0 bridgehead atoms. The van der Waals surface area contributed by atoms with Gasteiger partial charge in [0.1, 0.15) is 17.3 Å². The Morgan fingerprint density at radius 1 is 0.706 bits per heavy atom. The Hall–Kier alpha value is -5.16. The van der Waals surface area contributed by atoms with E-state index in [1.54, 1.807) is 0 Å². The number of aromatic nitrogens is 4. The normalized spacial score (nSPS) is 12.2. The zero-order chi connectivity index (χ0) is 36.0. The van der Waals surface area contributed by atoms with Crippen LogP contribution in [0.3, 0.4) is 0 Å². The maximum absolute atomic E-state index is 6.75. The van der Waals surface area contributed by atoms with Crippen molar-refractivity contribution in [3.05, 3.63) is 132 Å². The lowest BCUT2D eigenvalue weighted by molar-refractivity contribution is 0.481. The molecule has 0 atom stereocenters. The van der Waals surface area contributed by atoms with E-state index in [1.807, 2.05) is 17.1 Å². The van der Waals surface area contributed by atoms with E-state index < -0.39 is 0 Å². The Morgan fingerprint density at radius 3 is 2.14 bits per heavy atom. The average Bonchev–Trinajstić information content (AvgIpc) is 3.70. The zero-order valence-electron chi connectivity index (χ0n) is 31.5. The first-order chi connectivity index (χ1) is 24.4. The van der Waals surface area contributed by atoms with Crippen molar-refractivity contribution in [1.29, 1.82) is 0 Å². The molecule has 260 valence electrons. The van der Waals surface area contributed by atoms with Gasteiger partial charge in [0.05, 0.1) is 22.9 Å². The predicted octanol–water partition coefficient (Wildman–Crippen LogP) is 12.6. The predicted molar refractivity (Wildman–Crippen MR) is 213 cm³/mol. The highest BCUT2D eigenvalue weighted by Crippen LogP contribution is 2.38. The lowest BCUT2D eigenvalue weighted by Gasteiger charge is -2.20. The van der Waals surface area contributed by atoms with E-state index in [0.717, 1.165) is 46.0 Å². The Balaban J connectivity index is 1.31. The molecule has 5 heteroatoms. The summed E-state index contributed by atoms with van der Waals surface area (Å²) in [7, 11) is 0. The fourth-order valence-electron chi connectivity index (χ4n) is 7.31. The van der Waals surface area contributed by atoms with E-state index in [0.29, 0.717) is 17.8 Å². The molecule has 0 spiro atoms. The maximum atomic E-state index is 6.75. The summed E-state index contributed by atoms with van der Waals surface area (Å²) in [5.74, 6) is 3.79. The molecule has 5 nitrogen and oxygen atoms in total. The van der Waals surface area contributed by atoms with Crippen LogP contribution >= 0.6 is 0 Å². The fourth-order valence-corrected chi connectivity index (χ4v) is 7.31. The van der Waals surface area contributed by atoms with Crippen LogP contribution in [0, 0.1) is 5.92 Å². The summed E-state index contributed by atoms with van der Waals surface area (Å²) in [6.45, 7) is 20.3. The van der Waals surface area contributed by atoms with Crippen molar-refractivity contribution in [2.24, 2.45) is 5.92 Å². The van der Waals surface area contributed by atoms with Crippen LogP contribution < -0.4 is 4.74 Å². The summed E-state index contributed by atoms with van der Waals surface area (Å²) in [6, 6.07) is 32.5. The highest BCUT2D eigenvalue weighted by Gasteiger charge is 2.20. The van der Waals surface area contributed by atoms with Gasteiger partial charge in [0.2, 0.25) is 0 Å². The molecule has 0 radical (unpaired) electrons. The van der Waals surface area contributed by atoms with Gasteiger partial charge in [0.25, 0.3) is 0 Å². The van der Waals surface area contributed by atoms with Gasteiger partial charge in [-0.2, -0.15) is 5.10 Å². The van der Waals surface area contributed by atoms with Gasteiger partial charge in [-0.1, -0.05) is 98.7 Å². The summed E-state index contributed by atoms with van der Waals surface area (Å²) in [4.78, 5) is 4.86. The molecule has 0 amide bonds. The molecule has 3 heterocycles. The molecule has 7 rings (SSSR count). The molecule has 0 saturated carbocycles. The molecule has 0 aliphatic heterocycles. The monoisotopic (exact) mass is 674 g/mol. The average molecular weight is 675 g/mol. The van der Waals surface area contributed by atoms with Crippen LogP contribution in [0.1, 0.15) is 96.4 Å². The molecule has 3 aromatic heterocycles. The third kappa shape index (κ3) is 6.82. The van der Waals surface area contributed by atoms with Crippen molar-refractivity contribution in [2.75, 3.05) is 0 Å². The van der Waals surface area contributed by atoms with Crippen molar-refractivity contribution in [3.63, 3.8) is 0 Å². The Kier molecular flexibility index (Phi) is 9.09. The van der Waals surface area contributed by atoms with Crippen molar-refractivity contribution < 1.29 is 4.74 Å². The minimum Gasteiger partial charge on any atom is -0.457 e. The minimum atomic E-state index is 0.00724. The molecule has 0 aliphatic rings. The summed E-state index contributed by atoms with van der Waals surface area (Å²) in [5, 5.41) is 7.28. The first kappa shape index (κ1) is 34.3. The third-order valence-corrected chi connectivity index (χ3v) is 9.83. The van der Waals surface area contributed by atoms with E-state index in [2.05, 4.69) is 164 Å². The maximum Gasteiger partial charge on any atom is 0.137 e. The standard InChI is InChI=1S/C46H50N4O/c1-29(2)21-32-22-35(49-28-33(27-48-49)45-38(30(3)4)14-12-15-39(45)31(5)6)25-37(23-32)51-36-17-18-41-40-13-10-11-16-42(40)50(43(41)26-36)44-24-34(19-20-47-44)46(7,8)9/h10-20,22-31H,21H2,1-9H3. The number of hydrogen-bond donors (Lipinski definition) is 0. The number of fused-ring (bicyclic) bond motifs is 3. The number of rotatable bonds is 9. The smallest absolute Gasteiger partial charge is 0.137 e. The molecular weight excluding hydrogens is 625 g/mol. The highest BCUT2D eigenvalue weighted by molar-refractivity contribution is 6.09. The van der Waals surface area contributed by atoms with Gasteiger partial charge in [-0.05, 0) is 99.9 Å². The Morgan fingerprint density at radius 2 is 1.43 bits per heavy atom. The summed E-state index contributed by atoms with van der Waals surface area (Å²) >= 11 is 0. The van der Waals surface area contributed by atoms with Crippen LogP contribution in [0.2, 0.25) is 0 Å².